The van der Waals surface area contributed by atoms with Crippen molar-refractivity contribution in [1.29, 1.82) is 0 Å². The highest BCUT2D eigenvalue weighted by Crippen LogP contribution is 2.22. The molecular formula is C10H11N5O2S. The summed E-state index contributed by atoms with van der Waals surface area (Å²) >= 11 is 4.85. The average molecular weight is 265 g/mol. The second-order valence-corrected chi connectivity index (χ2v) is 4.06. The molecule has 8 heteroatoms. The Hall–Kier alpha value is -2.19. The van der Waals surface area contributed by atoms with Crippen LogP contribution in [-0.2, 0) is 7.05 Å². The number of carbonyl (C=O) groups is 1. The molecule has 1 aromatic heterocycles. The Morgan fingerprint density at radius 3 is 2.89 bits per heavy atom. The van der Waals surface area contributed by atoms with Gasteiger partial charge in [0.2, 0.25) is 0 Å². The molecule has 18 heavy (non-hydrogen) atoms. The molecule has 0 amide bonds. The average Bonchev–Trinajstić information content (AvgIpc) is 2.70. The van der Waals surface area contributed by atoms with Gasteiger partial charge in [-0.05, 0) is 24.4 Å². The van der Waals surface area contributed by atoms with Gasteiger partial charge in [-0.2, -0.15) is 0 Å². The Balaban J connectivity index is 2.58. The number of nitrogens with two attached hydrogens (primary N) is 1. The van der Waals surface area contributed by atoms with Crippen molar-refractivity contribution in [3.8, 4) is 0 Å². The molecule has 0 aliphatic carbocycles. The van der Waals surface area contributed by atoms with Crippen LogP contribution in [-0.4, -0.2) is 25.7 Å². The minimum atomic E-state index is -1.03. The van der Waals surface area contributed by atoms with Gasteiger partial charge in [-0.1, -0.05) is 0 Å². The van der Waals surface area contributed by atoms with Crippen LogP contribution in [0.5, 0.6) is 0 Å². The van der Waals surface area contributed by atoms with Gasteiger partial charge in [-0.15, -0.1) is 0 Å². The quantitative estimate of drug-likeness (QED) is 0.354. The number of imidazole rings is 1. The van der Waals surface area contributed by atoms with Crippen LogP contribution in [0.3, 0.4) is 0 Å². The van der Waals surface area contributed by atoms with Crippen molar-refractivity contribution in [2.45, 2.75) is 0 Å². The molecule has 5 N–H and O–H groups in total. The van der Waals surface area contributed by atoms with Crippen LogP contribution in [0.4, 0.5) is 5.69 Å². The third-order valence-electron chi connectivity index (χ3n) is 2.43. The van der Waals surface area contributed by atoms with Gasteiger partial charge in [0.1, 0.15) is 0 Å². The number of rotatable bonds is 2. The van der Waals surface area contributed by atoms with Gasteiger partial charge < -0.3 is 20.4 Å². The number of hydrogen-bond donors (Lipinski definition) is 4. The molecule has 0 atom stereocenters. The van der Waals surface area contributed by atoms with Crippen molar-refractivity contribution in [2.75, 3.05) is 5.32 Å². The largest absolute Gasteiger partial charge is 0.478 e. The number of thiocarbonyl (C=S) groups is 1. The summed E-state index contributed by atoms with van der Waals surface area (Å²) in [5, 5.41) is 12.2. The molecule has 2 aromatic rings. The summed E-state index contributed by atoms with van der Waals surface area (Å²) in [6, 6.07) is 3.18. The topological polar surface area (TPSA) is 105 Å². The van der Waals surface area contributed by atoms with E-state index in [2.05, 4.69) is 15.7 Å². The van der Waals surface area contributed by atoms with E-state index in [1.54, 1.807) is 24.0 Å². The first kappa shape index (κ1) is 12.3. The van der Waals surface area contributed by atoms with Crippen LogP contribution in [0, 0.1) is 0 Å². The molecule has 0 saturated carbocycles. The summed E-state index contributed by atoms with van der Waals surface area (Å²) in [5.41, 5.74) is 4.05. The Kier molecular flexibility index (Phi) is 3.13. The van der Waals surface area contributed by atoms with E-state index in [4.69, 9.17) is 18.1 Å². The third-order valence-corrected chi connectivity index (χ3v) is 2.65. The molecule has 0 saturated heterocycles. The molecule has 94 valence electrons. The molecule has 2 rings (SSSR count). The van der Waals surface area contributed by atoms with E-state index in [-0.39, 0.29) is 10.7 Å². The summed E-state index contributed by atoms with van der Waals surface area (Å²) < 4.78 is 1.65. The summed E-state index contributed by atoms with van der Waals surface area (Å²) in [4.78, 5) is 15.4. The molecule has 0 aliphatic rings. The summed E-state index contributed by atoms with van der Waals surface area (Å²) in [6.45, 7) is 0. The summed E-state index contributed by atoms with van der Waals surface area (Å²) in [6.07, 6.45) is 1.56. The predicted molar refractivity (Wildman–Crippen MR) is 71.2 cm³/mol. The van der Waals surface area contributed by atoms with Crippen LogP contribution in [0.15, 0.2) is 18.5 Å². The van der Waals surface area contributed by atoms with Crippen molar-refractivity contribution in [3.05, 3.63) is 24.0 Å². The fourth-order valence-corrected chi connectivity index (χ4v) is 1.82. The first-order chi connectivity index (χ1) is 8.52. The Morgan fingerprint density at radius 1 is 1.56 bits per heavy atom. The molecule has 1 heterocycles. The van der Waals surface area contributed by atoms with Crippen molar-refractivity contribution >= 4 is 40.0 Å². The monoisotopic (exact) mass is 265 g/mol. The Bertz CT molecular complexity index is 636. The van der Waals surface area contributed by atoms with Gasteiger partial charge in [-0.3, -0.25) is 0 Å². The summed E-state index contributed by atoms with van der Waals surface area (Å²) in [5.74, 6) is 4.12. The van der Waals surface area contributed by atoms with Crippen molar-refractivity contribution in [2.24, 2.45) is 12.9 Å². The van der Waals surface area contributed by atoms with Gasteiger partial charge in [0.15, 0.2) is 5.11 Å². The molecule has 0 unspecified atom stereocenters. The lowest BCUT2D eigenvalue weighted by molar-refractivity contribution is 0.0698. The zero-order valence-corrected chi connectivity index (χ0v) is 10.3. The van der Waals surface area contributed by atoms with Crippen LogP contribution >= 0.6 is 12.2 Å². The van der Waals surface area contributed by atoms with Gasteiger partial charge in [0, 0.05) is 12.7 Å². The highest BCUT2D eigenvalue weighted by molar-refractivity contribution is 7.80. The standard InChI is InChI=1S/C10H11N5O2S/c1-15-4-12-7-3-5(13-10(18)14-11)2-6(8(7)15)9(16)17/h2-4H,11H2,1H3,(H,16,17)(H2,13,14,18). The fourth-order valence-electron chi connectivity index (χ4n) is 1.70. The van der Waals surface area contributed by atoms with E-state index in [0.717, 1.165) is 0 Å². The number of nitrogens with one attached hydrogen (secondary N) is 2. The number of fused-ring (bicyclic) bond motifs is 1. The predicted octanol–water partition coefficient (Wildman–Crippen LogP) is 0.432. The number of nitrogens with zero attached hydrogens (tertiary/aromatic N) is 2. The smallest absolute Gasteiger partial charge is 0.337 e. The summed E-state index contributed by atoms with van der Waals surface area (Å²) in [7, 11) is 1.74. The zero-order valence-electron chi connectivity index (χ0n) is 9.47. The number of carboxylic acid groups (broad SMARTS) is 1. The number of benzene rings is 1. The lowest BCUT2D eigenvalue weighted by Crippen LogP contribution is -2.34. The first-order valence-corrected chi connectivity index (χ1v) is 5.39. The molecule has 0 aliphatic heterocycles. The van der Waals surface area contributed by atoms with Crippen LogP contribution in [0.25, 0.3) is 11.0 Å². The number of carboxylic acids is 1. The van der Waals surface area contributed by atoms with E-state index in [1.165, 1.54) is 6.07 Å². The first-order valence-electron chi connectivity index (χ1n) is 4.99. The molecular weight excluding hydrogens is 254 g/mol. The van der Waals surface area contributed by atoms with Gasteiger partial charge in [0.25, 0.3) is 0 Å². The molecule has 7 nitrogen and oxygen atoms in total. The molecule has 0 fully saturated rings. The Labute approximate surface area is 108 Å². The number of anilines is 1. The maximum Gasteiger partial charge on any atom is 0.337 e. The minimum absolute atomic E-state index is 0.148. The molecule has 0 radical (unpaired) electrons. The molecule has 1 aromatic carbocycles. The van der Waals surface area contributed by atoms with E-state index < -0.39 is 5.97 Å². The van der Waals surface area contributed by atoms with E-state index in [9.17, 15) is 9.90 Å². The van der Waals surface area contributed by atoms with E-state index in [1.807, 2.05) is 0 Å². The lowest BCUT2D eigenvalue weighted by Gasteiger charge is -2.08. The van der Waals surface area contributed by atoms with Crippen LogP contribution in [0.2, 0.25) is 0 Å². The highest BCUT2D eigenvalue weighted by Gasteiger charge is 2.14. The van der Waals surface area contributed by atoms with E-state index >= 15 is 0 Å². The SMILES string of the molecule is Cn1cnc2cc(NC(=S)NN)cc(C(=O)O)c21. The number of aromatic carboxylic acids is 1. The van der Waals surface area contributed by atoms with Crippen molar-refractivity contribution in [3.63, 3.8) is 0 Å². The second-order valence-electron chi connectivity index (χ2n) is 3.65. The van der Waals surface area contributed by atoms with Crippen LogP contribution in [0.1, 0.15) is 10.4 Å². The normalized spacial score (nSPS) is 10.3. The van der Waals surface area contributed by atoms with Crippen molar-refractivity contribution < 1.29 is 9.90 Å². The maximum atomic E-state index is 11.2. The number of hydrogen-bond acceptors (Lipinski definition) is 4. The minimum Gasteiger partial charge on any atom is -0.478 e. The van der Waals surface area contributed by atoms with Gasteiger partial charge in [0.05, 0.1) is 22.9 Å². The molecule has 0 bridgehead atoms. The zero-order chi connectivity index (χ0) is 13.3. The number of aryl methyl sites for hydroxylation is 1. The van der Waals surface area contributed by atoms with Crippen LogP contribution < -0.4 is 16.6 Å². The number of hydrazine groups is 1. The second kappa shape index (κ2) is 4.59. The van der Waals surface area contributed by atoms with Crippen molar-refractivity contribution in [1.82, 2.24) is 15.0 Å². The van der Waals surface area contributed by atoms with Gasteiger partial charge >= 0.3 is 5.97 Å². The van der Waals surface area contributed by atoms with E-state index in [0.29, 0.717) is 16.7 Å². The third kappa shape index (κ3) is 2.11. The van der Waals surface area contributed by atoms with Gasteiger partial charge in [-0.25, -0.2) is 15.6 Å². The maximum absolute atomic E-state index is 11.2. The highest BCUT2D eigenvalue weighted by atomic mass is 32.1. The number of aromatic nitrogens is 2. The lowest BCUT2D eigenvalue weighted by atomic mass is 10.1. The fraction of sp³-hybridized carbons (Fsp3) is 0.100. The Morgan fingerprint density at radius 2 is 2.28 bits per heavy atom. The molecule has 0 spiro atoms.